The molecule has 1 aromatic carbocycles. The van der Waals surface area contributed by atoms with Crippen molar-refractivity contribution in [1.29, 1.82) is 0 Å². The van der Waals surface area contributed by atoms with Crippen molar-refractivity contribution >= 4 is 0 Å². The SMILES string of the molecule is c1ccc(CCC23CNCC2CN(Cc2nc(-c4ccco4)no2)C3)cc1. The van der Waals surface area contributed by atoms with Crippen LogP contribution in [0.2, 0.25) is 0 Å². The Labute approximate surface area is 158 Å². The van der Waals surface area contributed by atoms with E-state index >= 15 is 0 Å². The standard InChI is InChI=1S/C21H24N4O2/c1-2-5-16(6-3-1)8-9-21-14-22-11-17(21)12-25(15-21)13-19-23-20(24-27-19)18-7-4-10-26-18/h1-7,10,17,22H,8-9,11-15H2. The summed E-state index contributed by atoms with van der Waals surface area (Å²) in [4.78, 5) is 6.97. The van der Waals surface area contributed by atoms with E-state index in [0.717, 1.165) is 32.6 Å². The average molecular weight is 364 g/mol. The molecule has 0 aliphatic carbocycles. The number of aryl methyl sites for hydroxylation is 1. The molecule has 2 saturated heterocycles. The first-order chi connectivity index (χ1) is 13.3. The van der Waals surface area contributed by atoms with E-state index in [9.17, 15) is 0 Å². The molecule has 0 saturated carbocycles. The lowest BCUT2D eigenvalue weighted by molar-refractivity contribution is 0.218. The van der Waals surface area contributed by atoms with Crippen LogP contribution in [0.1, 0.15) is 17.9 Å². The zero-order chi connectivity index (χ0) is 18.1. The molecule has 5 rings (SSSR count). The third-order valence-electron chi connectivity index (χ3n) is 6.07. The molecule has 1 N–H and O–H groups in total. The third-order valence-corrected chi connectivity index (χ3v) is 6.07. The Morgan fingerprint density at radius 3 is 2.96 bits per heavy atom. The molecule has 0 bridgehead atoms. The Bertz CT molecular complexity index is 877. The van der Waals surface area contributed by atoms with Gasteiger partial charge in [-0.1, -0.05) is 35.5 Å². The number of fused-ring (bicyclic) bond motifs is 1. The van der Waals surface area contributed by atoms with Crippen LogP contribution in [-0.2, 0) is 13.0 Å². The lowest BCUT2D eigenvalue weighted by atomic mass is 9.76. The molecule has 6 nitrogen and oxygen atoms in total. The van der Waals surface area contributed by atoms with Gasteiger partial charge in [-0.3, -0.25) is 4.90 Å². The molecule has 2 atom stereocenters. The van der Waals surface area contributed by atoms with Crippen LogP contribution in [0.15, 0.2) is 57.7 Å². The van der Waals surface area contributed by atoms with Crippen LogP contribution < -0.4 is 5.32 Å². The van der Waals surface area contributed by atoms with Crippen molar-refractivity contribution in [3.8, 4) is 11.6 Å². The number of nitrogens with one attached hydrogen (secondary N) is 1. The number of furan rings is 1. The van der Waals surface area contributed by atoms with Crippen LogP contribution in [-0.4, -0.2) is 41.2 Å². The maximum absolute atomic E-state index is 5.46. The van der Waals surface area contributed by atoms with Crippen LogP contribution >= 0.6 is 0 Å². The van der Waals surface area contributed by atoms with Crippen molar-refractivity contribution in [3.63, 3.8) is 0 Å². The van der Waals surface area contributed by atoms with E-state index in [2.05, 4.69) is 50.7 Å². The number of hydrogen-bond donors (Lipinski definition) is 1. The van der Waals surface area contributed by atoms with Gasteiger partial charge in [0.1, 0.15) is 0 Å². The van der Waals surface area contributed by atoms with Gasteiger partial charge in [-0.2, -0.15) is 4.98 Å². The Morgan fingerprint density at radius 1 is 1.19 bits per heavy atom. The minimum atomic E-state index is 0.347. The Morgan fingerprint density at radius 2 is 2.11 bits per heavy atom. The zero-order valence-electron chi connectivity index (χ0n) is 15.3. The smallest absolute Gasteiger partial charge is 0.241 e. The molecule has 4 heterocycles. The topological polar surface area (TPSA) is 67.3 Å². The summed E-state index contributed by atoms with van der Waals surface area (Å²) in [6, 6.07) is 14.5. The Kier molecular flexibility index (Phi) is 4.30. The summed E-state index contributed by atoms with van der Waals surface area (Å²) in [6.45, 7) is 5.07. The van der Waals surface area contributed by atoms with Gasteiger partial charge >= 0.3 is 0 Å². The summed E-state index contributed by atoms with van der Waals surface area (Å²) >= 11 is 0. The molecule has 2 aromatic heterocycles. The van der Waals surface area contributed by atoms with Crippen LogP contribution in [0.25, 0.3) is 11.6 Å². The van der Waals surface area contributed by atoms with Gasteiger partial charge in [-0.25, -0.2) is 0 Å². The highest BCUT2D eigenvalue weighted by atomic mass is 16.5. The minimum absolute atomic E-state index is 0.347. The fourth-order valence-electron chi connectivity index (χ4n) is 4.67. The molecule has 3 aromatic rings. The van der Waals surface area contributed by atoms with Gasteiger partial charge in [0.25, 0.3) is 0 Å². The van der Waals surface area contributed by atoms with Crippen molar-refractivity contribution in [1.82, 2.24) is 20.4 Å². The average Bonchev–Trinajstić information content (AvgIpc) is 3.45. The molecule has 140 valence electrons. The number of likely N-dealkylation sites (tertiary alicyclic amines) is 1. The van der Waals surface area contributed by atoms with Crippen molar-refractivity contribution in [2.24, 2.45) is 11.3 Å². The van der Waals surface area contributed by atoms with Crippen LogP contribution in [0.3, 0.4) is 0 Å². The molecule has 2 unspecified atom stereocenters. The van der Waals surface area contributed by atoms with E-state index in [1.165, 1.54) is 12.0 Å². The molecule has 0 spiro atoms. The lowest BCUT2D eigenvalue weighted by Gasteiger charge is -2.28. The summed E-state index contributed by atoms with van der Waals surface area (Å²) in [5.74, 6) is 2.52. The summed E-state index contributed by atoms with van der Waals surface area (Å²) in [7, 11) is 0. The number of nitrogens with zero attached hydrogens (tertiary/aromatic N) is 3. The maximum atomic E-state index is 5.46. The van der Waals surface area contributed by atoms with E-state index in [-0.39, 0.29) is 0 Å². The molecular weight excluding hydrogens is 340 g/mol. The van der Waals surface area contributed by atoms with Crippen molar-refractivity contribution < 1.29 is 8.94 Å². The lowest BCUT2D eigenvalue weighted by Crippen LogP contribution is -2.33. The highest BCUT2D eigenvalue weighted by Gasteiger charge is 2.49. The zero-order valence-corrected chi connectivity index (χ0v) is 15.3. The van der Waals surface area contributed by atoms with Gasteiger partial charge in [0.2, 0.25) is 11.7 Å². The quantitative estimate of drug-likeness (QED) is 0.725. The van der Waals surface area contributed by atoms with Crippen LogP contribution in [0, 0.1) is 11.3 Å². The number of aromatic nitrogens is 2. The number of hydrogen-bond acceptors (Lipinski definition) is 6. The summed E-state index contributed by atoms with van der Waals surface area (Å²) in [5.41, 5.74) is 1.77. The molecule has 0 amide bonds. The van der Waals surface area contributed by atoms with E-state index in [4.69, 9.17) is 8.94 Å². The van der Waals surface area contributed by atoms with Gasteiger partial charge in [0, 0.05) is 25.0 Å². The second kappa shape index (κ2) is 6.94. The molecule has 6 heteroatoms. The van der Waals surface area contributed by atoms with Crippen LogP contribution in [0.4, 0.5) is 0 Å². The molecule has 0 radical (unpaired) electrons. The number of rotatable bonds is 6. The summed E-state index contributed by atoms with van der Waals surface area (Å²) in [6.07, 6.45) is 3.97. The largest absolute Gasteiger partial charge is 0.461 e. The van der Waals surface area contributed by atoms with E-state index in [1.54, 1.807) is 6.26 Å². The molecule has 27 heavy (non-hydrogen) atoms. The van der Waals surface area contributed by atoms with Gasteiger partial charge < -0.3 is 14.3 Å². The molecule has 2 fully saturated rings. The van der Waals surface area contributed by atoms with Gasteiger partial charge in [-0.05, 0) is 43.0 Å². The van der Waals surface area contributed by atoms with E-state index in [0.29, 0.717) is 35.4 Å². The monoisotopic (exact) mass is 364 g/mol. The van der Waals surface area contributed by atoms with Gasteiger partial charge in [0.05, 0.1) is 12.8 Å². The second-order valence-electron chi connectivity index (χ2n) is 7.83. The minimum Gasteiger partial charge on any atom is -0.461 e. The maximum Gasteiger partial charge on any atom is 0.241 e. The van der Waals surface area contributed by atoms with E-state index < -0.39 is 0 Å². The molecule has 2 aliphatic rings. The van der Waals surface area contributed by atoms with Crippen molar-refractivity contribution in [2.45, 2.75) is 19.4 Å². The third kappa shape index (κ3) is 3.31. The van der Waals surface area contributed by atoms with Crippen molar-refractivity contribution in [2.75, 3.05) is 26.2 Å². The van der Waals surface area contributed by atoms with E-state index in [1.807, 2.05) is 12.1 Å². The first-order valence-corrected chi connectivity index (χ1v) is 9.64. The van der Waals surface area contributed by atoms with Gasteiger partial charge in [0.15, 0.2) is 5.76 Å². The van der Waals surface area contributed by atoms with Crippen LogP contribution in [0.5, 0.6) is 0 Å². The molecular formula is C21H24N4O2. The summed E-state index contributed by atoms with van der Waals surface area (Å²) in [5, 5.41) is 7.67. The predicted molar refractivity (Wildman–Crippen MR) is 101 cm³/mol. The van der Waals surface area contributed by atoms with Crippen molar-refractivity contribution in [3.05, 3.63) is 60.2 Å². The summed E-state index contributed by atoms with van der Waals surface area (Å²) < 4.78 is 10.8. The highest BCUT2D eigenvalue weighted by Crippen LogP contribution is 2.43. The highest BCUT2D eigenvalue weighted by molar-refractivity contribution is 5.44. The predicted octanol–water partition coefficient (Wildman–Crippen LogP) is 2.98. The molecule has 2 aliphatic heterocycles. The van der Waals surface area contributed by atoms with Gasteiger partial charge in [-0.15, -0.1) is 0 Å². The fraction of sp³-hybridized carbons (Fsp3) is 0.429. The Balaban J connectivity index is 1.25. The Hall–Kier alpha value is -2.44. The fourth-order valence-corrected chi connectivity index (χ4v) is 4.67. The first kappa shape index (κ1) is 16.7. The normalized spacial score (nSPS) is 25.1. The first-order valence-electron chi connectivity index (χ1n) is 9.64. The second-order valence-corrected chi connectivity index (χ2v) is 7.83. The number of benzene rings is 1.